The Morgan fingerprint density at radius 3 is 2.50 bits per heavy atom. The maximum atomic E-state index is 13.8. The van der Waals surface area contributed by atoms with Crippen LogP contribution in [0.15, 0.2) is 65.8 Å². The van der Waals surface area contributed by atoms with Gasteiger partial charge in [-0.25, -0.2) is 4.98 Å². The third-order valence-corrected chi connectivity index (χ3v) is 4.98. The smallest absolute Gasteiger partial charge is 0.343 e. The van der Waals surface area contributed by atoms with Gasteiger partial charge < -0.3 is 9.38 Å². The fourth-order valence-corrected chi connectivity index (χ4v) is 3.67. The molecule has 150 valence electrons. The second-order valence-electron chi connectivity index (χ2n) is 6.89. The van der Waals surface area contributed by atoms with Gasteiger partial charge in [0.2, 0.25) is 0 Å². The van der Waals surface area contributed by atoms with E-state index in [9.17, 15) is 18.0 Å². The van der Waals surface area contributed by atoms with E-state index in [1.165, 1.54) is 0 Å². The van der Waals surface area contributed by atoms with Crippen molar-refractivity contribution in [2.45, 2.75) is 13.1 Å². The second-order valence-corrected chi connectivity index (χ2v) is 6.89. The van der Waals surface area contributed by atoms with E-state index in [0.717, 1.165) is 4.52 Å². The van der Waals surface area contributed by atoms with E-state index in [1.54, 1.807) is 72.4 Å². The molecule has 4 heterocycles. The number of hydrogen-bond acceptors (Lipinski definition) is 3. The maximum Gasteiger partial charge on any atom is 0.435 e. The van der Waals surface area contributed by atoms with Crippen LogP contribution in [0.5, 0.6) is 0 Å². The van der Waals surface area contributed by atoms with Gasteiger partial charge in [0.15, 0.2) is 5.69 Å². The molecule has 0 amide bonds. The molecular formula is C21H14F3N5O. The maximum absolute atomic E-state index is 13.8. The molecule has 30 heavy (non-hydrogen) atoms. The average Bonchev–Trinajstić information content (AvgIpc) is 3.32. The molecule has 0 spiro atoms. The fraction of sp³-hybridized carbons (Fsp3) is 0.0952. The number of alkyl halides is 3. The van der Waals surface area contributed by atoms with Gasteiger partial charge in [0.05, 0.1) is 11.1 Å². The third-order valence-electron chi connectivity index (χ3n) is 4.98. The number of H-pyrrole nitrogens is 1. The predicted molar refractivity (Wildman–Crippen MR) is 105 cm³/mol. The first-order valence-corrected chi connectivity index (χ1v) is 9.06. The molecule has 0 bridgehead atoms. The molecule has 4 aromatic heterocycles. The minimum Gasteiger partial charge on any atom is -0.343 e. The molecule has 0 saturated heterocycles. The monoisotopic (exact) mass is 409 g/mol. The zero-order chi connectivity index (χ0) is 21.0. The van der Waals surface area contributed by atoms with Gasteiger partial charge in [-0.3, -0.25) is 4.79 Å². The number of imidazole rings is 1. The number of hydrogen-bond donors (Lipinski definition) is 1. The summed E-state index contributed by atoms with van der Waals surface area (Å²) in [6.07, 6.45) is 0.331. The van der Waals surface area contributed by atoms with Gasteiger partial charge in [-0.2, -0.15) is 22.8 Å². The molecular weight excluding hydrogens is 395 g/mol. The van der Waals surface area contributed by atoms with Crippen LogP contribution in [0, 0.1) is 6.92 Å². The topological polar surface area (TPSA) is 67.5 Å². The lowest BCUT2D eigenvalue weighted by atomic mass is 10.0. The van der Waals surface area contributed by atoms with Gasteiger partial charge in [-0.05, 0) is 24.6 Å². The minimum atomic E-state index is -4.72. The summed E-state index contributed by atoms with van der Waals surface area (Å²) in [5.74, 6) is 0. The number of rotatable bonds is 2. The van der Waals surface area contributed by atoms with Crippen LogP contribution in [-0.4, -0.2) is 24.0 Å². The zero-order valence-corrected chi connectivity index (χ0v) is 15.6. The van der Waals surface area contributed by atoms with E-state index in [4.69, 9.17) is 0 Å². The highest BCUT2D eigenvalue weighted by Crippen LogP contribution is 2.38. The SMILES string of the molecule is Cc1[nH]c2c(-c3ccccc3)c(C(F)(F)F)nn2c(=O)c1-c1ccc2nccn2c1. The summed E-state index contributed by atoms with van der Waals surface area (Å²) < 4.78 is 43.8. The quantitative estimate of drug-likeness (QED) is 0.472. The van der Waals surface area contributed by atoms with Crippen LogP contribution in [0.4, 0.5) is 13.2 Å². The van der Waals surface area contributed by atoms with Crippen LogP contribution >= 0.6 is 0 Å². The average molecular weight is 409 g/mol. The first-order chi connectivity index (χ1) is 14.3. The number of aryl methyl sites for hydroxylation is 1. The van der Waals surface area contributed by atoms with Crippen molar-refractivity contribution < 1.29 is 13.2 Å². The Labute approximate surface area is 167 Å². The zero-order valence-electron chi connectivity index (χ0n) is 15.6. The molecule has 1 N–H and O–H groups in total. The minimum absolute atomic E-state index is 0.00323. The fourth-order valence-electron chi connectivity index (χ4n) is 3.67. The lowest BCUT2D eigenvalue weighted by molar-refractivity contribution is -0.140. The molecule has 0 aliphatic heterocycles. The van der Waals surface area contributed by atoms with Gasteiger partial charge in [-0.15, -0.1) is 0 Å². The first-order valence-electron chi connectivity index (χ1n) is 9.06. The van der Waals surface area contributed by atoms with E-state index in [0.29, 0.717) is 22.5 Å². The highest BCUT2D eigenvalue weighted by molar-refractivity contribution is 5.81. The van der Waals surface area contributed by atoms with Crippen LogP contribution in [0.25, 0.3) is 33.5 Å². The summed E-state index contributed by atoms with van der Waals surface area (Å²) in [5, 5.41) is 3.67. The van der Waals surface area contributed by atoms with Crippen molar-refractivity contribution in [2.24, 2.45) is 0 Å². The second kappa shape index (κ2) is 6.31. The van der Waals surface area contributed by atoms with Gasteiger partial charge >= 0.3 is 6.18 Å². The van der Waals surface area contributed by atoms with Crippen molar-refractivity contribution in [1.29, 1.82) is 0 Å². The number of nitrogens with zero attached hydrogens (tertiary/aromatic N) is 4. The lowest BCUT2D eigenvalue weighted by Gasteiger charge is -2.09. The summed E-state index contributed by atoms with van der Waals surface area (Å²) in [5.41, 5.74) is 0.361. The van der Waals surface area contributed by atoms with Gasteiger partial charge in [-0.1, -0.05) is 30.3 Å². The standard InChI is InChI=1S/C21H14F3N5O/c1-12-16(14-7-8-15-25-9-10-28(15)11-14)20(30)29-19(26-12)17(13-5-3-2-4-6-13)18(27-29)21(22,23)24/h2-11,26H,1H3. The molecule has 6 nitrogen and oxygen atoms in total. The molecule has 5 rings (SSSR count). The Kier molecular flexibility index (Phi) is 3.82. The van der Waals surface area contributed by atoms with Gasteiger partial charge in [0.25, 0.3) is 5.56 Å². The molecule has 0 radical (unpaired) electrons. The summed E-state index contributed by atoms with van der Waals surface area (Å²) in [4.78, 5) is 20.4. The molecule has 1 aromatic carbocycles. The number of nitrogens with one attached hydrogen (secondary N) is 1. The molecule has 5 aromatic rings. The normalized spacial score (nSPS) is 12.1. The molecule has 0 unspecified atom stereocenters. The first kappa shape index (κ1) is 18.2. The van der Waals surface area contributed by atoms with Crippen LogP contribution in [-0.2, 0) is 6.18 Å². The van der Waals surface area contributed by atoms with E-state index < -0.39 is 17.4 Å². The van der Waals surface area contributed by atoms with E-state index in [2.05, 4.69) is 15.1 Å². The number of halogens is 3. The number of fused-ring (bicyclic) bond motifs is 2. The van der Waals surface area contributed by atoms with Gasteiger partial charge in [0.1, 0.15) is 11.3 Å². The molecule has 0 aliphatic rings. The van der Waals surface area contributed by atoms with Crippen LogP contribution in [0.3, 0.4) is 0 Å². The van der Waals surface area contributed by atoms with E-state index in [-0.39, 0.29) is 16.8 Å². The molecule has 0 atom stereocenters. The van der Waals surface area contributed by atoms with Crippen LogP contribution < -0.4 is 5.56 Å². The van der Waals surface area contributed by atoms with Crippen molar-refractivity contribution in [1.82, 2.24) is 24.0 Å². The Hall–Kier alpha value is -3.88. The summed E-state index contributed by atoms with van der Waals surface area (Å²) in [7, 11) is 0. The number of pyridine rings is 1. The Morgan fingerprint density at radius 2 is 1.77 bits per heavy atom. The van der Waals surface area contributed by atoms with E-state index in [1.807, 2.05) is 0 Å². The largest absolute Gasteiger partial charge is 0.435 e. The van der Waals surface area contributed by atoms with Crippen molar-refractivity contribution in [2.75, 3.05) is 0 Å². The van der Waals surface area contributed by atoms with Gasteiger partial charge in [0, 0.05) is 29.8 Å². The van der Waals surface area contributed by atoms with Crippen molar-refractivity contribution in [3.8, 4) is 22.3 Å². The molecule has 0 saturated carbocycles. The lowest BCUT2D eigenvalue weighted by Crippen LogP contribution is -2.20. The number of aromatic amines is 1. The van der Waals surface area contributed by atoms with Crippen molar-refractivity contribution in [3.05, 3.63) is 82.8 Å². The van der Waals surface area contributed by atoms with Crippen LogP contribution in [0.2, 0.25) is 0 Å². The number of aromatic nitrogens is 5. The molecule has 0 fully saturated rings. The highest BCUT2D eigenvalue weighted by Gasteiger charge is 2.39. The Bertz CT molecular complexity index is 1460. The number of benzene rings is 1. The summed E-state index contributed by atoms with van der Waals surface area (Å²) in [6.45, 7) is 1.66. The third kappa shape index (κ3) is 2.70. The molecule has 9 heteroatoms. The van der Waals surface area contributed by atoms with Crippen molar-refractivity contribution in [3.63, 3.8) is 0 Å². The highest BCUT2D eigenvalue weighted by atomic mass is 19.4. The molecule has 0 aliphatic carbocycles. The summed E-state index contributed by atoms with van der Waals surface area (Å²) in [6, 6.07) is 11.5. The Balaban J connectivity index is 1.84. The van der Waals surface area contributed by atoms with Crippen molar-refractivity contribution >= 4 is 11.3 Å². The predicted octanol–water partition coefficient (Wildman–Crippen LogP) is 4.33. The Morgan fingerprint density at radius 1 is 1.00 bits per heavy atom. The summed E-state index contributed by atoms with van der Waals surface area (Å²) >= 11 is 0. The van der Waals surface area contributed by atoms with E-state index >= 15 is 0 Å². The van der Waals surface area contributed by atoms with Crippen LogP contribution in [0.1, 0.15) is 11.4 Å².